The second kappa shape index (κ2) is 15.2. The van der Waals surface area contributed by atoms with Gasteiger partial charge in [0.05, 0.1) is 22.5 Å². The second-order valence-electron chi connectivity index (χ2n) is 16.4. The molecule has 2 aliphatic carbocycles. The minimum Gasteiger partial charge on any atom is -0.361 e. The van der Waals surface area contributed by atoms with Crippen molar-refractivity contribution in [2.24, 2.45) is 11.8 Å². The largest absolute Gasteiger partial charge is 0.361 e. The zero-order chi connectivity index (χ0) is 33.9. The average molecular weight is 702 g/mol. The van der Waals surface area contributed by atoms with E-state index in [9.17, 15) is 0 Å². The molecule has 6 rings (SSSR count). The Morgan fingerprint density at radius 1 is 0.812 bits per heavy atom. The number of fused-ring (bicyclic) bond motifs is 3. The van der Waals surface area contributed by atoms with Crippen LogP contribution in [0.1, 0.15) is 43.7 Å². The molecule has 2 atom stereocenters. The summed E-state index contributed by atoms with van der Waals surface area (Å²) in [5.41, 5.74) is 6.23. The molecule has 0 amide bonds. The third kappa shape index (κ3) is 8.61. The van der Waals surface area contributed by atoms with Crippen molar-refractivity contribution < 1.29 is 9.47 Å². The van der Waals surface area contributed by atoms with E-state index in [4.69, 9.17) is 24.5 Å². The number of rotatable bonds is 15. The highest BCUT2D eigenvalue weighted by Gasteiger charge is 2.37. The van der Waals surface area contributed by atoms with Crippen LogP contribution >= 0.6 is 11.8 Å². The van der Waals surface area contributed by atoms with Gasteiger partial charge < -0.3 is 14.4 Å². The van der Waals surface area contributed by atoms with Crippen LogP contribution < -0.4 is 4.90 Å². The van der Waals surface area contributed by atoms with E-state index in [0.717, 1.165) is 71.0 Å². The first-order valence-electron chi connectivity index (χ1n) is 17.9. The van der Waals surface area contributed by atoms with Gasteiger partial charge in [0, 0.05) is 58.2 Å². The molecule has 2 saturated carbocycles. The van der Waals surface area contributed by atoms with Crippen LogP contribution in [-0.2, 0) is 9.47 Å². The third-order valence-corrected chi connectivity index (χ3v) is 14.2. The number of ether oxygens (including phenoxy) is 2. The fourth-order valence-corrected chi connectivity index (χ4v) is 9.60. The van der Waals surface area contributed by atoms with Crippen molar-refractivity contribution in [3.63, 3.8) is 0 Å². The SMILES string of the molecule is CSc1c(C2CC3CCC(C3)C2)nc2c(-c3ccc(-c4ccccc4)nc3)cnn2c1N(COCC[Si](C)(C)C)COCC[Si](C)(C)C. The highest BCUT2D eigenvalue weighted by Crippen LogP contribution is 2.50. The molecule has 10 heteroatoms. The number of nitrogens with zero attached hydrogens (tertiary/aromatic N) is 5. The molecule has 0 N–H and O–H groups in total. The van der Waals surface area contributed by atoms with Crippen molar-refractivity contribution in [2.75, 3.05) is 37.8 Å². The van der Waals surface area contributed by atoms with Gasteiger partial charge in [-0.05, 0) is 55.5 Å². The van der Waals surface area contributed by atoms with Crippen LogP contribution in [0.2, 0.25) is 51.4 Å². The van der Waals surface area contributed by atoms with Gasteiger partial charge in [0.15, 0.2) is 11.5 Å². The minimum atomic E-state index is -1.23. The third-order valence-electron chi connectivity index (χ3n) is 10.0. The molecule has 0 aliphatic heterocycles. The molecule has 4 aromatic rings. The molecule has 2 fully saturated rings. The molecule has 7 nitrogen and oxygen atoms in total. The zero-order valence-corrected chi connectivity index (χ0v) is 33.0. The molecule has 1 aromatic carbocycles. The molecule has 0 saturated heterocycles. The lowest BCUT2D eigenvalue weighted by Gasteiger charge is -2.32. The summed E-state index contributed by atoms with van der Waals surface area (Å²) in [6.07, 6.45) is 12.7. The molecule has 258 valence electrons. The molecular formula is C38H55N5O2SSi2. The molecular weight excluding hydrogens is 647 g/mol. The Morgan fingerprint density at radius 2 is 1.46 bits per heavy atom. The second-order valence-corrected chi connectivity index (χ2v) is 28.5. The van der Waals surface area contributed by atoms with E-state index >= 15 is 0 Å². The summed E-state index contributed by atoms with van der Waals surface area (Å²) in [7, 11) is -2.46. The lowest BCUT2D eigenvalue weighted by molar-refractivity contribution is 0.0937. The monoisotopic (exact) mass is 701 g/mol. The molecule has 3 aromatic heterocycles. The molecule has 2 unspecified atom stereocenters. The van der Waals surface area contributed by atoms with Crippen molar-refractivity contribution in [1.82, 2.24) is 19.6 Å². The van der Waals surface area contributed by atoms with Gasteiger partial charge in [-0.2, -0.15) is 9.61 Å². The smallest absolute Gasteiger partial charge is 0.165 e. The van der Waals surface area contributed by atoms with Gasteiger partial charge in [-0.25, -0.2) is 4.98 Å². The van der Waals surface area contributed by atoms with E-state index in [2.05, 4.69) is 91.4 Å². The van der Waals surface area contributed by atoms with Crippen molar-refractivity contribution in [3.05, 3.63) is 60.6 Å². The Labute approximate surface area is 294 Å². The summed E-state index contributed by atoms with van der Waals surface area (Å²) in [4.78, 5) is 13.9. The van der Waals surface area contributed by atoms with Crippen LogP contribution in [0.15, 0.2) is 59.8 Å². The van der Waals surface area contributed by atoms with Crippen molar-refractivity contribution in [1.29, 1.82) is 0 Å². The minimum absolute atomic E-state index is 0.450. The standard InChI is InChI=1S/C38H55N5O2SSi2/c1-46-36-35(32-22-28-13-14-29(21-28)23-32)41-37-33(31-15-16-34(39-24-31)30-11-9-8-10-12-30)25-40-43(37)38(36)42(26-44-17-19-47(2,3)4)27-45-18-20-48(5,6)7/h8-12,15-16,24-25,28-29,32H,13-14,17-23,26-27H2,1-7H3. The Hall–Kier alpha value is -2.51. The predicted octanol–water partition coefficient (Wildman–Crippen LogP) is 9.90. The van der Waals surface area contributed by atoms with E-state index in [-0.39, 0.29) is 0 Å². The average Bonchev–Trinajstić information content (AvgIpc) is 3.64. The fourth-order valence-electron chi connectivity index (χ4n) is 7.26. The normalized spacial score (nSPS) is 19.7. The Balaban J connectivity index is 1.42. The molecule has 2 bridgehead atoms. The first-order chi connectivity index (χ1) is 23.0. The van der Waals surface area contributed by atoms with E-state index in [0.29, 0.717) is 19.4 Å². The summed E-state index contributed by atoms with van der Waals surface area (Å²) in [6, 6.07) is 16.9. The van der Waals surface area contributed by atoms with Crippen LogP contribution in [-0.4, -0.2) is 68.7 Å². The van der Waals surface area contributed by atoms with E-state index in [1.807, 2.05) is 18.5 Å². The van der Waals surface area contributed by atoms with Crippen LogP contribution in [0.3, 0.4) is 0 Å². The molecule has 2 aliphatic rings. The van der Waals surface area contributed by atoms with Gasteiger partial charge in [-0.1, -0.05) is 88.5 Å². The van der Waals surface area contributed by atoms with E-state index < -0.39 is 16.1 Å². The van der Waals surface area contributed by atoms with Gasteiger partial charge >= 0.3 is 0 Å². The number of thioether (sulfide) groups is 1. The summed E-state index contributed by atoms with van der Waals surface area (Å²) >= 11 is 1.80. The van der Waals surface area contributed by atoms with Crippen molar-refractivity contribution in [2.45, 2.75) is 94.3 Å². The van der Waals surface area contributed by atoms with Crippen molar-refractivity contribution >= 4 is 39.4 Å². The maximum atomic E-state index is 6.46. The number of hydrogen-bond donors (Lipinski definition) is 0. The topological polar surface area (TPSA) is 64.8 Å². The maximum Gasteiger partial charge on any atom is 0.165 e. The van der Waals surface area contributed by atoms with E-state index in [1.165, 1.54) is 42.7 Å². The van der Waals surface area contributed by atoms with Crippen LogP contribution in [0.5, 0.6) is 0 Å². The summed E-state index contributed by atoms with van der Waals surface area (Å²) in [5, 5.41) is 5.04. The number of anilines is 1. The van der Waals surface area contributed by atoms with Gasteiger partial charge in [-0.15, -0.1) is 11.8 Å². The summed E-state index contributed by atoms with van der Waals surface area (Å²) in [5.74, 6) is 3.12. The first-order valence-corrected chi connectivity index (χ1v) is 26.5. The number of benzene rings is 1. The zero-order valence-electron chi connectivity index (χ0n) is 30.2. The van der Waals surface area contributed by atoms with Gasteiger partial charge in [0.25, 0.3) is 0 Å². The first kappa shape index (κ1) is 35.3. The lowest BCUT2D eigenvalue weighted by Crippen LogP contribution is -2.34. The quantitative estimate of drug-likeness (QED) is 0.0529. The summed E-state index contributed by atoms with van der Waals surface area (Å²) < 4.78 is 15.0. The molecule has 3 heterocycles. The maximum absolute atomic E-state index is 6.46. The predicted molar refractivity (Wildman–Crippen MR) is 207 cm³/mol. The number of pyridine rings is 1. The number of aromatic nitrogens is 4. The highest BCUT2D eigenvalue weighted by atomic mass is 32.2. The van der Waals surface area contributed by atoms with Crippen LogP contribution in [0.25, 0.3) is 28.0 Å². The fraction of sp³-hybridized carbons (Fsp3) is 0.553. The van der Waals surface area contributed by atoms with Crippen molar-refractivity contribution in [3.8, 4) is 22.4 Å². The summed E-state index contributed by atoms with van der Waals surface area (Å²) in [6.45, 7) is 16.9. The molecule has 48 heavy (non-hydrogen) atoms. The van der Waals surface area contributed by atoms with Crippen LogP contribution in [0, 0.1) is 11.8 Å². The lowest BCUT2D eigenvalue weighted by atomic mass is 9.79. The Morgan fingerprint density at radius 3 is 2.02 bits per heavy atom. The Bertz CT molecular complexity index is 1620. The Kier molecular flexibility index (Phi) is 11.2. The van der Waals surface area contributed by atoms with Gasteiger partial charge in [0.2, 0.25) is 0 Å². The number of hydrogen-bond acceptors (Lipinski definition) is 7. The van der Waals surface area contributed by atoms with Gasteiger partial charge in [0.1, 0.15) is 13.5 Å². The molecule has 0 radical (unpaired) electrons. The van der Waals surface area contributed by atoms with Gasteiger partial charge in [-0.3, -0.25) is 4.98 Å². The van der Waals surface area contributed by atoms with Crippen LogP contribution in [0.4, 0.5) is 5.82 Å². The highest BCUT2D eigenvalue weighted by molar-refractivity contribution is 7.98. The van der Waals surface area contributed by atoms with E-state index in [1.54, 1.807) is 11.8 Å². The molecule has 0 spiro atoms.